The summed E-state index contributed by atoms with van der Waals surface area (Å²) < 4.78 is 6.52. The molecular weight excluding hydrogens is 849 g/mol. The summed E-state index contributed by atoms with van der Waals surface area (Å²) in [6.45, 7) is 0. The van der Waals surface area contributed by atoms with Gasteiger partial charge >= 0.3 is 0 Å². The normalized spacial score (nSPS) is 13.2. The van der Waals surface area contributed by atoms with E-state index in [-0.39, 0.29) is 0 Å². The van der Waals surface area contributed by atoms with Gasteiger partial charge in [-0.3, -0.25) is 0 Å². The van der Waals surface area contributed by atoms with Crippen molar-refractivity contribution in [2.75, 3.05) is 9.80 Å². The van der Waals surface area contributed by atoms with Crippen molar-refractivity contribution in [3.8, 4) is 44.5 Å². The Morgan fingerprint density at radius 1 is 0.271 bits per heavy atom. The SMILES string of the molecule is c1ccc(-c2ccc(N3c4ccc(-c5ccccc5)cc4C4(c5ccccc5N(c5ccc(-c6cccc7c6oc6ccccc67)cc5)c5ccccc54)c4cc(-c5ccccc5)ccc43)cc2)cc1. The molecule has 3 heterocycles. The molecule has 0 amide bonds. The minimum Gasteiger partial charge on any atom is -0.455 e. The highest BCUT2D eigenvalue weighted by Crippen LogP contribution is 2.64. The second-order valence-electron chi connectivity index (χ2n) is 18.4. The van der Waals surface area contributed by atoms with E-state index in [1.54, 1.807) is 0 Å². The van der Waals surface area contributed by atoms with Crippen LogP contribution in [0, 0.1) is 0 Å². The molecule has 0 atom stereocenters. The van der Waals surface area contributed by atoms with Gasteiger partial charge in [0.25, 0.3) is 0 Å². The lowest BCUT2D eigenvalue weighted by atomic mass is 9.59. The molecule has 0 aliphatic carbocycles. The number of benzene rings is 11. The second-order valence-corrected chi connectivity index (χ2v) is 18.4. The lowest BCUT2D eigenvalue weighted by Gasteiger charge is -2.51. The molecule has 0 saturated heterocycles. The van der Waals surface area contributed by atoms with Crippen molar-refractivity contribution >= 4 is 56.1 Å². The fourth-order valence-corrected chi connectivity index (χ4v) is 11.5. The molecule has 12 aromatic rings. The molecule has 2 aliphatic rings. The van der Waals surface area contributed by atoms with Crippen LogP contribution in [0.4, 0.5) is 34.1 Å². The first-order chi connectivity index (χ1) is 34.7. The molecule has 3 nitrogen and oxygen atoms in total. The summed E-state index contributed by atoms with van der Waals surface area (Å²) in [7, 11) is 0. The Morgan fingerprint density at radius 3 is 1.21 bits per heavy atom. The van der Waals surface area contributed by atoms with E-state index < -0.39 is 5.41 Å². The predicted octanol–water partition coefficient (Wildman–Crippen LogP) is 18.2. The van der Waals surface area contributed by atoms with Crippen LogP contribution in [0.1, 0.15) is 22.3 Å². The van der Waals surface area contributed by atoms with Gasteiger partial charge in [-0.25, -0.2) is 0 Å². The first-order valence-electron chi connectivity index (χ1n) is 24.1. The van der Waals surface area contributed by atoms with Gasteiger partial charge in [-0.15, -0.1) is 0 Å². The zero-order chi connectivity index (χ0) is 46.2. The number of furan rings is 1. The quantitative estimate of drug-likeness (QED) is 0.166. The molecule has 0 fully saturated rings. The Balaban J connectivity index is 1.01. The third-order valence-corrected chi connectivity index (χ3v) is 14.7. The molecule has 0 radical (unpaired) electrons. The summed E-state index contributed by atoms with van der Waals surface area (Å²) in [4.78, 5) is 4.96. The van der Waals surface area contributed by atoms with Gasteiger partial charge in [0.05, 0.1) is 28.2 Å². The second kappa shape index (κ2) is 16.0. The number of fused-ring (bicyclic) bond motifs is 11. The highest BCUT2D eigenvalue weighted by Gasteiger charge is 2.52. The number of hydrogen-bond acceptors (Lipinski definition) is 3. The maximum atomic E-state index is 6.52. The van der Waals surface area contributed by atoms with Crippen LogP contribution in [-0.4, -0.2) is 0 Å². The molecule has 3 heteroatoms. The Hall–Kier alpha value is -9.18. The van der Waals surface area contributed by atoms with Gasteiger partial charge in [-0.2, -0.15) is 0 Å². The lowest BCUT2D eigenvalue weighted by Crippen LogP contribution is -2.42. The molecule has 328 valence electrons. The average molecular weight is 893 g/mol. The van der Waals surface area contributed by atoms with Crippen LogP contribution in [0.3, 0.4) is 0 Å². The minimum absolute atomic E-state index is 0.735. The van der Waals surface area contributed by atoms with Crippen LogP contribution in [0.25, 0.3) is 66.4 Å². The summed E-state index contributed by atoms with van der Waals surface area (Å²) in [5, 5.41) is 2.26. The first kappa shape index (κ1) is 39.9. The van der Waals surface area contributed by atoms with E-state index in [1.165, 1.54) is 55.6 Å². The number of rotatable bonds is 6. The van der Waals surface area contributed by atoms with Crippen molar-refractivity contribution in [3.63, 3.8) is 0 Å². The third-order valence-electron chi connectivity index (χ3n) is 14.7. The van der Waals surface area contributed by atoms with E-state index in [0.29, 0.717) is 0 Å². The van der Waals surface area contributed by atoms with E-state index in [0.717, 1.165) is 67.2 Å². The average Bonchev–Trinajstić information content (AvgIpc) is 3.83. The highest BCUT2D eigenvalue weighted by molar-refractivity contribution is 6.09. The lowest BCUT2D eigenvalue weighted by molar-refractivity contribution is 0.670. The molecular formula is C67H44N2O. The van der Waals surface area contributed by atoms with Crippen molar-refractivity contribution in [3.05, 3.63) is 289 Å². The van der Waals surface area contributed by atoms with Gasteiger partial charge in [0.1, 0.15) is 11.2 Å². The third kappa shape index (κ3) is 6.08. The van der Waals surface area contributed by atoms with Crippen LogP contribution in [0.5, 0.6) is 0 Å². The van der Waals surface area contributed by atoms with Crippen LogP contribution < -0.4 is 9.80 Å². The molecule has 11 aromatic carbocycles. The van der Waals surface area contributed by atoms with Gasteiger partial charge in [0.15, 0.2) is 0 Å². The number of para-hydroxylation sites is 4. The van der Waals surface area contributed by atoms with Crippen molar-refractivity contribution in [1.82, 2.24) is 0 Å². The molecule has 0 N–H and O–H groups in total. The number of anilines is 6. The minimum atomic E-state index is -0.735. The summed E-state index contributed by atoms with van der Waals surface area (Å²) in [5.74, 6) is 0. The molecule has 70 heavy (non-hydrogen) atoms. The van der Waals surface area contributed by atoms with Gasteiger partial charge in [0.2, 0.25) is 0 Å². The largest absolute Gasteiger partial charge is 0.455 e. The maximum Gasteiger partial charge on any atom is 0.143 e. The molecule has 14 rings (SSSR count). The van der Waals surface area contributed by atoms with Crippen LogP contribution in [0.2, 0.25) is 0 Å². The maximum absolute atomic E-state index is 6.52. The molecule has 1 spiro atoms. The Bertz CT molecular complexity index is 3790. The molecule has 0 bridgehead atoms. The van der Waals surface area contributed by atoms with Crippen LogP contribution in [0.15, 0.2) is 271 Å². The fraction of sp³-hybridized carbons (Fsp3) is 0.0149. The number of hydrogen-bond donors (Lipinski definition) is 0. The first-order valence-corrected chi connectivity index (χ1v) is 24.1. The predicted molar refractivity (Wildman–Crippen MR) is 290 cm³/mol. The molecule has 0 unspecified atom stereocenters. The summed E-state index contributed by atoms with van der Waals surface area (Å²) in [5.41, 5.74) is 22.0. The van der Waals surface area contributed by atoms with E-state index in [9.17, 15) is 0 Å². The molecule has 2 aliphatic heterocycles. The highest BCUT2D eigenvalue weighted by atomic mass is 16.3. The zero-order valence-corrected chi connectivity index (χ0v) is 38.2. The van der Waals surface area contributed by atoms with Crippen LogP contribution >= 0.6 is 0 Å². The van der Waals surface area contributed by atoms with E-state index in [4.69, 9.17) is 4.42 Å². The Kier molecular flexibility index (Phi) is 9.11. The van der Waals surface area contributed by atoms with Crippen molar-refractivity contribution in [1.29, 1.82) is 0 Å². The van der Waals surface area contributed by atoms with Crippen LogP contribution in [-0.2, 0) is 5.41 Å². The monoisotopic (exact) mass is 892 g/mol. The Morgan fingerprint density at radius 2 is 0.671 bits per heavy atom. The van der Waals surface area contributed by atoms with Crippen molar-refractivity contribution < 1.29 is 4.42 Å². The van der Waals surface area contributed by atoms with Gasteiger partial charge in [-0.1, -0.05) is 200 Å². The zero-order valence-electron chi connectivity index (χ0n) is 38.2. The van der Waals surface area contributed by atoms with E-state index in [1.807, 2.05) is 6.07 Å². The van der Waals surface area contributed by atoms with E-state index >= 15 is 0 Å². The van der Waals surface area contributed by atoms with E-state index in [2.05, 4.69) is 271 Å². The van der Waals surface area contributed by atoms with Gasteiger partial charge in [-0.05, 0) is 128 Å². The fourth-order valence-electron chi connectivity index (χ4n) is 11.5. The smallest absolute Gasteiger partial charge is 0.143 e. The Labute approximate surface area is 407 Å². The number of nitrogens with zero attached hydrogens (tertiary/aromatic N) is 2. The summed E-state index contributed by atoms with van der Waals surface area (Å²) in [6, 6.07) is 97.6. The molecule has 0 saturated carbocycles. The van der Waals surface area contributed by atoms with Gasteiger partial charge in [0, 0.05) is 27.7 Å². The summed E-state index contributed by atoms with van der Waals surface area (Å²) in [6.07, 6.45) is 0. The topological polar surface area (TPSA) is 19.6 Å². The molecule has 1 aromatic heterocycles. The standard InChI is InChI=1S/C67H44N2O/c1-4-17-45(18-5-1)48-31-37-52(38-32-48)69-63-41-35-50(46-19-6-2-7-20-46)43-59(63)67(60-44-51(36-42-64(60)69)47-21-8-3-9-22-47)57-26-11-13-28-61(57)68(62-29-14-12-27-58(62)67)53-39-33-49(34-40-53)54-24-16-25-56-55-23-10-15-30-65(55)70-66(54)56/h1-44H. The van der Waals surface area contributed by atoms with Gasteiger partial charge < -0.3 is 14.2 Å². The van der Waals surface area contributed by atoms with Crippen molar-refractivity contribution in [2.45, 2.75) is 5.41 Å². The summed E-state index contributed by atoms with van der Waals surface area (Å²) >= 11 is 0. The van der Waals surface area contributed by atoms with Crippen molar-refractivity contribution in [2.24, 2.45) is 0 Å².